The summed E-state index contributed by atoms with van der Waals surface area (Å²) in [7, 11) is -2.12. The lowest BCUT2D eigenvalue weighted by molar-refractivity contribution is 0.0913. The average molecular weight is 401 g/mol. The van der Waals surface area contributed by atoms with E-state index in [0.29, 0.717) is 25.3 Å². The van der Waals surface area contributed by atoms with E-state index in [9.17, 15) is 13.2 Å². The molecular weight excluding hydrogens is 380 g/mol. The number of amides is 1. The highest BCUT2D eigenvalue weighted by Crippen LogP contribution is 2.30. The Morgan fingerprint density at radius 2 is 2.27 bits per heavy atom. The molecule has 1 unspecified atom stereocenters. The van der Waals surface area contributed by atoms with E-state index < -0.39 is 10.0 Å². The number of nitrogens with one attached hydrogen (secondary N) is 1. The highest BCUT2D eigenvalue weighted by atomic mass is 35.5. The van der Waals surface area contributed by atoms with Crippen molar-refractivity contribution in [3.63, 3.8) is 0 Å². The van der Waals surface area contributed by atoms with Gasteiger partial charge in [-0.3, -0.25) is 9.48 Å². The molecule has 3 rings (SSSR count). The lowest BCUT2D eigenvalue weighted by atomic mass is 10.00. The van der Waals surface area contributed by atoms with Crippen LogP contribution in [0.25, 0.3) is 0 Å². The summed E-state index contributed by atoms with van der Waals surface area (Å²) in [6.07, 6.45) is 2.99. The first-order valence-electron chi connectivity index (χ1n) is 8.31. The second-order valence-electron chi connectivity index (χ2n) is 6.39. The maximum Gasteiger partial charge on any atom is 0.286 e. The van der Waals surface area contributed by atoms with Crippen LogP contribution in [-0.2, 0) is 17.1 Å². The third-order valence-electron chi connectivity index (χ3n) is 4.48. The molecule has 1 fully saturated rings. The van der Waals surface area contributed by atoms with E-state index in [1.54, 1.807) is 26.1 Å². The van der Waals surface area contributed by atoms with Crippen LogP contribution in [0.4, 0.5) is 0 Å². The van der Waals surface area contributed by atoms with Crippen LogP contribution in [0.2, 0.25) is 5.15 Å². The van der Waals surface area contributed by atoms with Crippen molar-refractivity contribution in [3.05, 3.63) is 35.0 Å². The molecule has 10 heteroatoms. The zero-order chi connectivity index (χ0) is 18.9. The first-order chi connectivity index (χ1) is 12.3. The fourth-order valence-corrected chi connectivity index (χ4v) is 5.44. The minimum Gasteiger partial charge on any atom is -0.459 e. The Hall–Kier alpha value is -1.84. The first kappa shape index (κ1) is 18.9. The summed E-state index contributed by atoms with van der Waals surface area (Å²) in [5, 5.41) is 6.99. The van der Waals surface area contributed by atoms with Gasteiger partial charge in [-0.2, -0.15) is 9.40 Å². The van der Waals surface area contributed by atoms with Gasteiger partial charge in [-0.25, -0.2) is 8.42 Å². The number of sulfonamides is 1. The molecule has 2 aromatic heterocycles. The van der Waals surface area contributed by atoms with Crippen molar-refractivity contribution in [1.82, 2.24) is 19.4 Å². The number of furan rings is 1. The van der Waals surface area contributed by atoms with Crippen molar-refractivity contribution in [3.8, 4) is 0 Å². The Morgan fingerprint density at radius 3 is 2.88 bits per heavy atom. The zero-order valence-electron chi connectivity index (χ0n) is 14.6. The van der Waals surface area contributed by atoms with Crippen molar-refractivity contribution < 1.29 is 17.6 Å². The Labute approximate surface area is 157 Å². The molecular formula is C16H21ClN4O4S. The van der Waals surface area contributed by atoms with Gasteiger partial charge in [-0.1, -0.05) is 11.6 Å². The van der Waals surface area contributed by atoms with Gasteiger partial charge in [0.2, 0.25) is 10.0 Å². The number of rotatable bonds is 5. The molecule has 1 amide bonds. The van der Waals surface area contributed by atoms with E-state index in [0.717, 1.165) is 12.8 Å². The maximum atomic E-state index is 13.0. The minimum atomic E-state index is -3.73. The molecule has 8 nitrogen and oxygen atoms in total. The number of aromatic nitrogens is 2. The summed E-state index contributed by atoms with van der Waals surface area (Å²) in [6.45, 7) is 2.76. The molecule has 142 valence electrons. The van der Waals surface area contributed by atoms with Crippen molar-refractivity contribution in [2.45, 2.75) is 24.7 Å². The second kappa shape index (κ2) is 7.42. The second-order valence-corrected chi connectivity index (χ2v) is 8.62. The number of carbonyl (C=O) groups excluding carboxylic acids is 1. The van der Waals surface area contributed by atoms with Crippen molar-refractivity contribution in [2.24, 2.45) is 13.0 Å². The monoisotopic (exact) mass is 400 g/mol. The van der Waals surface area contributed by atoms with Gasteiger partial charge >= 0.3 is 0 Å². The number of hydrogen-bond acceptors (Lipinski definition) is 5. The fourth-order valence-electron chi connectivity index (χ4n) is 3.18. The van der Waals surface area contributed by atoms with Gasteiger partial charge < -0.3 is 9.73 Å². The lowest BCUT2D eigenvalue weighted by Crippen LogP contribution is -2.43. The van der Waals surface area contributed by atoms with Crippen molar-refractivity contribution in [2.75, 3.05) is 19.6 Å². The van der Waals surface area contributed by atoms with Crippen molar-refractivity contribution >= 4 is 27.5 Å². The molecule has 1 atom stereocenters. The number of piperidine rings is 1. The van der Waals surface area contributed by atoms with Crippen LogP contribution >= 0.6 is 11.6 Å². The van der Waals surface area contributed by atoms with Gasteiger partial charge in [-0.15, -0.1) is 0 Å². The van der Waals surface area contributed by atoms with E-state index >= 15 is 0 Å². The Kier molecular flexibility index (Phi) is 5.40. The number of aryl methyl sites for hydroxylation is 2. The summed E-state index contributed by atoms with van der Waals surface area (Å²) in [5.41, 5.74) is 0.380. The molecule has 0 bridgehead atoms. The van der Waals surface area contributed by atoms with Crippen LogP contribution in [0.1, 0.15) is 29.1 Å². The van der Waals surface area contributed by atoms with Crippen LogP contribution in [0.15, 0.2) is 27.7 Å². The molecule has 0 saturated carbocycles. The largest absolute Gasteiger partial charge is 0.459 e. The van der Waals surface area contributed by atoms with Crippen LogP contribution in [-0.4, -0.2) is 48.0 Å². The first-order valence-corrected chi connectivity index (χ1v) is 10.1. The Balaban J connectivity index is 1.69. The standard InChI is InChI=1S/C16H21ClN4O4S/c1-11-14(15(17)20(2)19-11)26(23,24)21-7-3-5-12(10-21)9-18-16(22)13-6-4-8-25-13/h4,6,8,12H,3,5,7,9-10H2,1-2H3,(H,18,22). The van der Waals surface area contributed by atoms with Gasteiger partial charge in [0.25, 0.3) is 5.91 Å². The SMILES string of the molecule is Cc1nn(C)c(Cl)c1S(=O)(=O)N1CCCC(CNC(=O)c2ccco2)C1. The maximum absolute atomic E-state index is 13.0. The Bertz CT molecular complexity index is 892. The minimum absolute atomic E-state index is 0.0215. The fraction of sp³-hybridized carbons (Fsp3) is 0.500. The third kappa shape index (κ3) is 3.65. The van der Waals surface area contributed by atoms with Gasteiger partial charge in [0, 0.05) is 26.7 Å². The smallest absolute Gasteiger partial charge is 0.286 e. The molecule has 1 saturated heterocycles. The van der Waals surface area contributed by atoms with E-state index in [2.05, 4.69) is 10.4 Å². The van der Waals surface area contributed by atoms with Gasteiger partial charge in [0.05, 0.1) is 12.0 Å². The summed E-state index contributed by atoms with van der Waals surface area (Å²) < 4.78 is 33.8. The molecule has 0 radical (unpaired) electrons. The number of nitrogens with zero attached hydrogens (tertiary/aromatic N) is 3. The molecule has 1 aliphatic heterocycles. The lowest BCUT2D eigenvalue weighted by Gasteiger charge is -2.31. The molecule has 0 aliphatic carbocycles. The predicted molar refractivity (Wildman–Crippen MR) is 95.5 cm³/mol. The summed E-state index contributed by atoms with van der Waals surface area (Å²) >= 11 is 6.14. The van der Waals surface area contributed by atoms with E-state index in [1.807, 2.05) is 0 Å². The molecule has 3 heterocycles. The third-order valence-corrected chi connectivity index (χ3v) is 7.04. The summed E-state index contributed by atoms with van der Waals surface area (Å²) in [6, 6.07) is 3.23. The summed E-state index contributed by atoms with van der Waals surface area (Å²) in [4.78, 5) is 12.0. The molecule has 1 aliphatic rings. The average Bonchev–Trinajstić information content (AvgIpc) is 3.22. The number of carbonyl (C=O) groups is 1. The van der Waals surface area contributed by atoms with Gasteiger partial charge in [-0.05, 0) is 37.8 Å². The van der Waals surface area contributed by atoms with Gasteiger partial charge in [0.15, 0.2) is 5.76 Å². The van der Waals surface area contributed by atoms with E-state index in [-0.39, 0.29) is 27.6 Å². The zero-order valence-corrected chi connectivity index (χ0v) is 16.2. The molecule has 1 N–H and O–H groups in total. The van der Waals surface area contributed by atoms with Crippen molar-refractivity contribution in [1.29, 1.82) is 0 Å². The topological polar surface area (TPSA) is 97.4 Å². The summed E-state index contributed by atoms with van der Waals surface area (Å²) in [5.74, 6) is -0.0441. The molecule has 0 aromatic carbocycles. The Morgan fingerprint density at radius 1 is 1.50 bits per heavy atom. The molecule has 26 heavy (non-hydrogen) atoms. The van der Waals surface area contributed by atoms with Crippen LogP contribution < -0.4 is 5.32 Å². The van der Waals surface area contributed by atoms with Crippen LogP contribution in [0.3, 0.4) is 0 Å². The quantitative estimate of drug-likeness (QED) is 0.825. The molecule has 0 spiro atoms. The number of hydrogen-bond donors (Lipinski definition) is 1. The van der Waals surface area contributed by atoms with E-state index in [1.165, 1.54) is 15.3 Å². The highest BCUT2D eigenvalue weighted by molar-refractivity contribution is 7.89. The van der Waals surface area contributed by atoms with E-state index in [4.69, 9.17) is 16.0 Å². The van der Waals surface area contributed by atoms with Gasteiger partial charge in [0.1, 0.15) is 10.0 Å². The van der Waals surface area contributed by atoms with Crippen LogP contribution in [0, 0.1) is 12.8 Å². The normalized spacial score (nSPS) is 18.8. The predicted octanol–water partition coefficient (Wildman–Crippen LogP) is 1.81. The van der Waals surface area contributed by atoms with Crippen LogP contribution in [0.5, 0.6) is 0 Å². The highest BCUT2D eigenvalue weighted by Gasteiger charge is 2.34. The number of halogens is 1. The molecule has 2 aromatic rings.